The zero-order valence-electron chi connectivity index (χ0n) is 11.3. The Morgan fingerprint density at radius 3 is 2.58 bits per heavy atom. The molecule has 3 nitrogen and oxygen atoms in total. The molecule has 0 aliphatic carbocycles. The van der Waals surface area contributed by atoms with Gasteiger partial charge in [-0.15, -0.1) is 0 Å². The van der Waals surface area contributed by atoms with Crippen molar-refractivity contribution in [2.24, 2.45) is 7.05 Å². The molecule has 0 radical (unpaired) electrons. The lowest BCUT2D eigenvalue weighted by atomic mass is 10.1. The van der Waals surface area contributed by atoms with Gasteiger partial charge in [0, 0.05) is 12.6 Å². The van der Waals surface area contributed by atoms with E-state index >= 15 is 0 Å². The van der Waals surface area contributed by atoms with E-state index in [4.69, 9.17) is 4.98 Å². The van der Waals surface area contributed by atoms with Gasteiger partial charge < -0.3 is 9.67 Å². The number of rotatable bonds is 1. The highest BCUT2D eigenvalue weighted by Gasteiger charge is 2.10. The lowest BCUT2D eigenvalue weighted by Crippen LogP contribution is -1.92. The minimum atomic E-state index is 0.318. The van der Waals surface area contributed by atoms with Crippen LogP contribution in [0.5, 0.6) is 5.75 Å². The highest BCUT2D eigenvalue weighted by molar-refractivity contribution is 5.81. The third kappa shape index (κ3) is 1.87. The number of benzene rings is 2. The Balaban J connectivity index is 2.24. The van der Waals surface area contributed by atoms with E-state index in [9.17, 15) is 5.11 Å². The van der Waals surface area contributed by atoms with Gasteiger partial charge in [-0.1, -0.05) is 6.07 Å². The van der Waals surface area contributed by atoms with Crippen molar-refractivity contribution >= 4 is 11.0 Å². The standard InChI is InChI=1S/C16H16N2O/c1-10-4-6-14-13(8-10)17-16(18(14)3)12-5-7-15(19)11(2)9-12/h4-9,19H,1-3H3. The van der Waals surface area contributed by atoms with Crippen molar-refractivity contribution < 1.29 is 5.11 Å². The third-order valence-electron chi connectivity index (χ3n) is 3.49. The summed E-state index contributed by atoms with van der Waals surface area (Å²) in [6, 6.07) is 11.9. The fraction of sp³-hybridized carbons (Fsp3) is 0.188. The summed E-state index contributed by atoms with van der Waals surface area (Å²) in [7, 11) is 2.02. The smallest absolute Gasteiger partial charge is 0.140 e. The van der Waals surface area contributed by atoms with E-state index in [1.165, 1.54) is 5.56 Å². The normalized spacial score (nSPS) is 11.1. The van der Waals surface area contributed by atoms with E-state index in [2.05, 4.69) is 29.7 Å². The molecule has 0 saturated carbocycles. The minimum absolute atomic E-state index is 0.318. The highest BCUT2D eigenvalue weighted by atomic mass is 16.3. The second-order valence-corrected chi connectivity index (χ2v) is 4.99. The van der Waals surface area contributed by atoms with Gasteiger partial charge in [0.25, 0.3) is 0 Å². The average molecular weight is 252 g/mol. The minimum Gasteiger partial charge on any atom is -0.508 e. The first-order valence-electron chi connectivity index (χ1n) is 6.29. The van der Waals surface area contributed by atoms with Crippen molar-refractivity contribution in [3.8, 4) is 17.1 Å². The predicted octanol–water partition coefficient (Wildman–Crippen LogP) is 3.56. The number of hydrogen-bond acceptors (Lipinski definition) is 2. The van der Waals surface area contributed by atoms with E-state index < -0.39 is 0 Å². The van der Waals surface area contributed by atoms with Crippen LogP contribution < -0.4 is 0 Å². The molecule has 96 valence electrons. The second-order valence-electron chi connectivity index (χ2n) is 4.99. The van der Waals surface area contributed by atoms with Crippen molar-refractivity contribution in [1.82, 2.24) is 9.55 Å². The Bertz CT molecular complexity index is 772. The summed E-state index contributed by atoms with van der Waals surface area (Å²) >= 11 is 0. The average Bonchev–Trinajstić information content (AvgIpc) is 2.70. The summed E-state index contributed by atoms with van der Waals surface area (Å²) in [5.41, 5.74) is 5.21. The first-order valence-corrected chi connectivity index (χ1v) is 6.29. The Labute approximate surface area is 112 Å². The predicted molar refractivity (Wildman–Crippen MR) is 77.3 cm³/mol. The molecule has 2 aromatic carbocycles. The van der Waals surface area contributed by atoms with E-state index in [-0.39, 0.29) is 0 Å². The number of aromatic hydroxyl groups is 1. The molecule has 0 saturated heterocycles. The Hall–Kier alpha value is -2.29. The number of aryl methyl sites for hydroxylation is 3. The van der Waals surface area contributed by atoms with Gasteiger partial charge in [0.2, 0.25) is 0 Å². The lowest BCUT2D eigenvalue weighted by molar-refractivity contribution is 0.471. The lowest BCUT2D eigenvalue weighted by Gasteiger charge is -2.05. The number of phenols is 1. The SMILES string of the molecule is Cc1ccc2c(c1)nc(-c1ccc(O)c(C)c1)n2C. The van der Waals surface area contributed by atoms with Gasteiger partial charge in [-0.3, -0.25) is 0 Å². The number of fused-ring (bicyclic) bond motifs is 1. The van der Waals surface area contributed by atoms with Crippen LogP contribution in [0.2, 0.25) is 0 Å². The maximum atomic E-state index is 9.61. The van der Waals surface area contributed by atoms with Crippen LogP contribution in [0.15, 0.2) is 36.4 Å². The van der Waals surface area contributed by atoms with Crippen molar-refractivity contribution in [2.45, 2.75) is 13.8 Å². The molecule has 1 aromatic heterocycles. The molecule has 19 heavy (non-hydrogen) atoms. The number of phenolic OH excluding ortho intramolecular Hbond substituents is 1. The topological polar surface area (TPSA) is 38.1 Å². The zero-order chi connectivity index (χ0) is 13.6. The maximum Gasteiger partial charge on any atom is 0.140 e. The summed E-state index contributed by atoms with van der Waals surface area (Å²) in [5.74, 6) is 1.24. The van der Waals surface area contributed by atoms with Gasteiger partial charge >= 0.3 is 0 Å². The molecule has 3 rings (SSSR count). The summed E-state index contributed by atoms with van der Waals surface area (Å²) in [5, 5.41) is 9.61. The van der Waals surface area contributed by atoms with Crippen molar-refractivity contribution in [2.75, 3.05) is 0 Å². The monoisotopic (exact) mass is 252 g/mol. The molecule has 0 aliphatic rings. The van der Waals surface area contributed by atoms with Crippen molar-refractivity contribution in [1.29, 1.82) is 0 Å². The molecule has 0 fully saturated rings. The van der Waals surface area contributed by atoms with E-state index in [0.717, 1.165) is 28.0 Å². The summed E-state index contributed by atoms with van der Waals surface area (Å²) in [4.78, 5) is 4.70. The van der Waals surface area contributed by atoms with E-state index in [0.29, 0.717) is 5.75 Å². The quantitative estimate of drug-likeness (QED) is 0.719. The van der Waals surface area contributed by atoms with Gasteiger partial charge in [0.1, 0.15) is 11.6 Å². The van der Waals surface area contributed by atoms with Crippen LogP contribution in [-0.4, -0.2) is 14.7 Å². The number of nitrogens with zero attached hydrogens (tertiary/aromatic N) is 2. The molecule has 0 bridgehead atoms. The Morgan fingerprint density at radius 1 is 1.05 bits per heavy atom. The van der Waals surface area contributed by atoms with Crippen LogP contribution in [0.25, 0.3) is 22.4 Å². The van der Waals surface area contributed by atoms with Gasteiger partial charge in [-0.2, -0.15) is 0 Å². The fourth-order valence-electron chi connectivity index (χ4n) is 2.36. The van der Waals surface area contributed by atoms with Crippen LogP contribution >= 0.6 is 0 Å². The molecule has 3 aromatic rings. The molecular weight excluding hydrogens is 236 g/mol. The Morgan fingerprint density at radius 2 is 1.84 bits per heavy atom. The number of imidazole rings is 1. The molecule has 1 heterocycles. The zero-order valence-corrected chi connectivity index (χ0v) is 11.3. The molecular formula is C16H16N2O. The van der Waals surface area contributed by atoms with Crippen molar-refractivity contribution in [3.05, 3.63) is 47.5 Å². The fourth-order valence-corrected chi connectivity index (χ4v) is 2.36. The van der Waals surface area contributed by atoms with Crippen molar-refractivity contribution in [3.63, 3.8) is 0 Å². The Kier molecular flexibility index (Phi) is 2.56. The molecule has 0 atom stereocenters. The van der Waals surface area contributed by atoms with Crippen LogP contribution in [0.1, 0.15) is 11.1 Å². The summed E-state index contributed by atoms with van der Waals surface area (Å²) < 4.78 is 2.08. The molecule has 3 heteroatoms. The summed E-state index contributed by atoms with van der Waals surface area (Å²) in [6.07, 6.45) is 0. The van der Waals surface area contributed by atoms with E-state index in [1.54, 1.807) is 6.07 Å². The molecule has 0 amide bonds. The van der Waals surface area contributed by atoms with E-state index in [1.807, 2.05) is 26.1 Å². The van der Waals surface area contributed by atoms with Crippen LogP contribution in [0.3, 0.4) is 0 Å². The first kappa shape index (κ1) is 11.8. The number of aromatic nitrogens is 2. The molecule has 0 aliphatic heterocycles. The molecule has 1 N–H and O–H groups in total. The van der Waals surface area contributed by atoms with Crippen LogP contribution in [-0.2, 0) is 7.05 Å². The van der Waals surface area contributed by atoms with Crippen LogP contribution in [0.4, 0.5) is 0 Å². The number of hydrogen-bond donors (Lipinski definition) is 1. The maximum absolute atomic E-state index is 9.61. The van der Waals surface area contributed by atoms with Gasteiger partial charge in [-0.25, -0.2) is 4.98 Å². The largest absolute Gasteiger partial charge is 0.508 e. The molecule has 0 spiro atoms. The third-order valence-corrected chi connectivity index (χ3v) is 3.49. The summed E-state index contributed by atoms with van der Waals surface area (Å²) in [6.45, 7) is 3.96. The van der Waals surface area contributed by atoms with Crippen LogP contribution in [0, 0.1) is 13.8 Å². The molecule has 0 unspecified atom stereocenters. The van der Waals surface area contributed by atoms with Gasteiger partial charge in [0.15, 0.2) is 0 Å². The van der Waals surface area contributed by atoms with Gasteiger partial charge in [-0.05, 0) is 55.3 Å². The first-order chi connectivity index (χ1) is 9.06. The second kappa shape index (κ2) is 4.12. The highest BCUT2D eigenvalue weighted by Crippen LogP contribution is 2.27. The van der Waals surface area contributed by atoms with Gasteiger partial charge in [0.05, 0.1) is 11.0 Å².